The fraction of sp³-hybridized carbons (Fsp3) is 0.750. The van der Waals surface area contributed by atoms with Crippen molar-refractivity contribution in [3.8, 4) is 0 Å². The summed E-state index contributed by atoms with van der Waals surface area (Å²) in [4.78, 5) is 38.2. The van der Waals surface area contributed by atoms with E-state index in [2.05, 4.69) is 6.92 Å². The molecule has 0 amide bonds. The van der Waals surface area contributed by atoms with Gasteiger partial charge in [-0.2, -0.15) is 0 Å². The first-order valence-corrected chi connectivity index (χ1v) is 13.2. The average molecular weight is 478 g/mol. The first-order valence-electron chi connectivity index (χ1n) is 13.2. The van der Waals surface area contributed by atoms with Crippen molar-refractivity contribution in [3.63, 3.8) is 0 Å². The highest BCUT2D eigenvalue weighted by molar-refractivity contribution is 6.48. The number of carbonyl (C=O) groups is 3. The Bertz CT molecular complexity index is 730. The minimum absolute atomic E-state index is 0.101. The van der Waals surface area contributed by atoms with Crippen molar-refractivity contribution in [1.29, 1.82) is 0 Å². The Morgan fingerprint density at radius 3 is 1.97 bits per heavy atom. The lowest BCUT2D eigenvalue weighted by atomic mass is 9.93. The zero-order chi connectivity index (χ0) is 25.6. The summed E-state index contributed by atoms with van der Waals surface area (Å²) in [5.41, 5.74) is 0.0514. The molecule has 0 bridgehead atoms. The zero-order valence-corrected chi connectivity index (χ0v) is 22.2. The van der Waals surface area contributed by atoms with Gasteiger partial charge in [0.05, 0.1) is 5.70 Å². The van der Waals surface area contributed by atoms with E-state index in [1.165, 1.54) is 57.4 Å². The molecule has 6 nitrogen and oxygen atoms in total. The topological polar surface area (TPSA) is 83.9 Å². The van der Waals surface area contributed by atoms with Gasteiger partial charge in [-0.15, -0.1) is 0 Å². The van der Waals surface area contributed by atoms with Gasteiger partial charge in [0.25, 0.3) is 0 Å². The van der Waals surface area contributed by atoms with Crippen LogP contribution in [0, 0.1) is 0 Å². The summed E-state index contributed by atoms with van der Waals surface area (Å²) in [5.74, 6) is -1.57. The van der Waals surface area contributed by atoms with E-state index in [1.54, 1.807) is 11.9 Å². The maximum Gasteiger partial charge on any atom is 0.306 e. The number of rotatable bonds is 17. The maximum atomic E-state index is 12.4. The summed E-state index contributed by atoms with van der Waals surface area (Å²) >= 11 is 0. The molecule has 0 aromatic heterocycles. The quantitative estimate of drug-likeness (QED) is 0.110. The van der Waals surface area contributed by atoms with E-state index in [0.29, 0.717) is 25.1 Å². The van der Waals surface area contributed by atoms with Crippen molar-refractivity contribution in [1.82, 2.24) is 4.90 Å². The molecule has 0 aromatic rings. The minimum atomic E-state index is -0.601. The number of hydrogen-bond donors (Lipinski definition) is 1. The molecule has 0 atom stereocenters. The fourth-order valence-corrected chi connectivity index (χ4v) is 4.13. The number of hydrogen-bond acceptors (Lipinski definition) is 6. The van der Waals surface area contributed by atoms with E-state index >= 15 is 0 Å². The summed E-state index contributed by atoms with van der Waals surface area (Å²) in [6, 6.07) is 0. The molecule has 1 aliphatic rings. The van der Waals surface area contributed by atoms with Crippen LogP contribution >= 0.6 is 0 Å². The Labute approximate surface area is 206 Å². The van der Waals surface area contributed by atoms with E-state index in [4.69, 9.17) is 4.74 Å². The van der Waals surface area contributed by atoms with Gasteiger partial charge in [-0.3, -0.25) is 14.4 Å². The van der Waals surface area contributed by atoms with Crippen molar-refractivity contribution in [2.75, 3.05) is 13.6 Å². The third-order valence-corrected chi connectivity index (χ3v) is 6.03. The lowest BCUT2D eigenvalue weighted by Gasteiger charge is -2.26. The van der Waals surface area contributed by atoms with Crippen LogP contribution in [0.5, 0.6) is 0 Å². The van der Waals surface area contributed by atoms with E-state index in [0.717, 1.165) is 19.3 Å². The van der Waals surface area contributed by atoms with Gasteiger partial charge in [-0.25, -0.2) is 0 Å². The molecular weight excluding hydrogens is 430 g/mol. The number of likely N-dealkylation sites (N-methyl/N-ethyl adjacent to an activating group) is 1. The van der Waals surface area contributed by atoms with E-state index in [1.807, 2.05) is 20.8 Å². The lowest BCUT2D eigenvalue weighted by Crippen LogP contribution is -2.30. The van der Waals surface area contributed by atoms with E-state index in [9.17, 15) is 19.5 Å². The van der Waals surface area contributed by atoms with Crippen LogP contribution in [-0.4, -0.2) is 46.7 Å². The Balaban J connectivity index is 2.43. The van der Waals surface area contributed by atoms with Crippen molar-refractivity contribution in [2.24, 2.45) is 0 Å². The number of aliphatic hydroxyl groups is 1. The summed E-state index contributed by atoms with van der Waals surface area (Å²) < 4.78 is 5.31. The summed E-state index contributed by atoms with van der Waals surface area (Å²) in [7, 11) is 1.75. The summed E-state index contributed by atoms with van der Waals surface area (Å²) in [6.45, 7) is 8.17. The van der Waals surface area contributed by atoms with Gasteiger partial charge in [0, 0.05) is 31.7 Å². The highest BCUT2D eigenvalue weighted by Crippen LogP contribution is 2.26. The Morgan fingerprint density at radius 1 is 0.912 bits per heavy atom. The molecule has 34 heavy (non-hydrogen) atoms. The number of carbonyl (C=O) groups excluding carboxylic acids is 3. The van der Waals surface area contributed by atoms with Crippen LogP contribution in [0.15, 0.2) is 23.1 Å². The van der Waals surface area contributed by atoms with Gasteiger partial charge in [-0.1, -0.05) is 71.1 Å². The second-order valence-electron chi connectivity index (χ2n) is 10.4. The molecule has 0 radical (unpaired) electrons. The number of aliphatic hydroxyl groups excluding tert-OH is 1. The molecule has 1 rings (SSSR count). The molecule has 0 aromatic carbocycles. The van der Waals surface area contributed by atoms with Gasteiger partial charge in [0.1, 0.15) is 11.4 Å². The van der Waals surface area contributed by atoms with Crippen molar-refractivity contribution in [2.45, 2.75) is 123 Å². The standard InChI is InChI=1S/C28H47NO5/c1-6-7-8-9-10-11-12-13-14-15-16-18-22-26(32)23(21-24(30)27(22)33)29(5)20-17-19-25(31)34-28(2,3)4/h21,32H,6-20H2,1-5H3. The first kappa shape index (κ1) is 29.9. The van der Waals surface area contributed by atoms with Crippen LogP contribution in [0.1, 0.15) is 118 Å². The van der Waals surface area contributed by atoms with E-state index < -0.39 is 17.2 Å². The fourth-order valence-electron chi connectivity index (χ4n) is 4.13. The molecule has 0 aliphatic heterocycles. The Hall–Kier alpha value is -2.11. The maximum absolute atomic E-state index is 12.4. The third-order valence-electron chi connectivity index (χ3n) is 6.03. The van der Waals surface area contributed by atoms with Crippen LogP contribution in [0.2, 0.25) is 0 Å². The SMILES string of the molecule is CCCCCCCCCCCCCC1=C(O)C(N(C)CCCC(=O)OC(C)(C)C)=CC(=O)C1=O. The van der Waals surface area contributed by atoms with Crippen LogP contribution in [0.25, 0.3) is 0 Å². The third kappa shape index (κ3) is 11.8. The second-order valence-corrected chi connectivity index (χ2v) is 10.4. The highest BCUT2D eigenvalue weighted by atomic mass is 16.6. The van der Waals surface area contributed by atoms with Gasteiger partial charge < -0.3 is 14.7 Å². The second kappa shape index (κ2) is 15.7. The number of ketones is 2. The lowest BCUT2D eigenvalue weighted by molar-refractivity contribution is -0.154. The molecule has 0 fully saturated rings. The molecule has 1 aliphatic carbocycles. The molecule has 194 valence electrons. The number of nitrogens with zero attached hydrogens (tertiary/aromatic N) is 1. The molecule has 6 heteroatoms. The average Bonchev–Trinajstić information content (AvgIpc) is 2.75. The van der Waals surface area contributed by atoms with Crippen molar-refractivity contribution in [3.05, 3.63) is 23.1 Å². The number of allylic oxidation sites excluding steroid dienone is 2. The largest absolute Gasteiger partial charge is 0.505 e. The van der Waals surface area contributed by atoms with Gasteiger partial charge in [-0.05, 0) is 40.0 Å². The van der Waals surface area contributed by atoms with Gasteiger partial charge in [0.15, 0.2) is 0 Å². The predicted octanol–water partition coefficient (Wildman–Crippen LogP) is 6.59. The molecule has 0 saturated carbocycles. The number of esters is 1. The monoisotopic (exact) mass is 477 g/mol. The van der Waals surface area contributed by atoms with Crippen molar-refractivity contribution >= 4 is 17.5 Å². The number of ether oxygens (including phenoxy) is 1. The first-order chi connectivity index (χ1) is 16.1. The van der Waals surface area contributed by atoms with Crippen LogP contribution in [-0.2, 0) is 19.1 Å². The van der Waals surface area contributed by atoms with Crippen LogP contribution < -0.4 is 0 Å². The van der Waals surface area contributed by atoms with Crippen molar-refractivity contribution < 1.29 is 24.2 Å². The molecule has 0 heterocycles. The normalized spacial score (nSPS) is 14.4. The summed E-state index contributed by atoms with van der Waals surface area (Å²) in [5, 5.41) is 10.7. The Kier molecular flexibility index (Phi) is 13.8. The molecule has 0 saturated heterocycles. The highest BCUT2D eigenvalue weighted by Gasteiger charge is 2.29. The smallest absolute Gasteiger partial charge is 0.306 e. The van der Waals surface area contributed by atoms with Gasteiger partial charge in [0.2, 0.25) is 11.6 Å². The number of unbranched alkanes of at least 4 members (excludes halogenated alkanes) is 10. The number of Topliss-reactive ketones (excluding diaryl/α,β-unsaturated/α-hetero) is 1. The molecule has 0 spiro atoms. The van der Waals surface area contributed by atoms with Gasteiger partial charge >= 0.3 is 5.97 Å². The molecule has 1 N–H and O–H groups in total. The Morgan fingerprint density at radius 2 is 1.44 bits per heavy atom. The zero-order valence-electron chi connectivity index (χ0n) is 22.2. The molecular formula is C28H47NO5. The minimum Gasteiger partial charge on any atom is -0.505 e. The van der Waals surface area contributed by atoms with Crippen LogP contribution in [0.4, 0.5) is 0 Å². The summed E-state index contributed by atoms with van der Waals surface area (Å²) in [6.07, 6.45) is 15.6. The predicted molar refractivity (Wildman–Crippen MR) is 137 cm³/mol. The van der Waals surface area contributed by atoms with Crippen LogP contribution in [0.3, 0.4) is 0 Å². The molecule has 0 unspecified atom stereocenters. The van der Waals surface area contributed by atoms with E-state index in [-0.39, 0.29) is 23.7 Å².